The molecule has 1 N–H and O–H groups in total. The number of sulfonamides is 1. The van der Waals surface area contributed by atoms with Gasteiger partial charge >= 0.3 is 0 Å². The Balaban J connectivity index is 2.13. The average molecular weight is 317 g/mol. The minimum absolute atomic E-state index is 0.0905. The Kier molecular flexibility index (Phi) is 4.59. The molecule has 6 heteroatoms. The van der Waals surface area contributed by atoms with Gasteiger partial charge in [-0.1, -0.05) is 13.8 Å². The fourth-order valence-electron chi connectivity index (χ4n) is 2.66. The van der Waals surface area contributed by atoms with Crippen LogP contribution in [0.2, 0.25) is 0 Å². The van der Waals surface area contributed by atoms with E-state index in [0.29, 0.717) is 15.2 Å². The normalized spacial score (nSPS) is 20.4. The lowest BCUT2D eigenvalue weighted by atomic mass is 9.76. The predicted octanol–water partition coefficient (Wildman–Crippen LogP) is 2.83. The van der Waals surface area contributed by atoms with Crippen molar-refractivity contribution in [3.8, 4) is 0 Å². The van der Waals surface area contributed by atoms with E-state index < -0.39 is 10.0 Å². The van der Waals surface area contributed by atoms with E-state index in [4.69, 9.17) is 5.11 Å². The molecule has 0 saturated heterocycles. The molecular weight excluding hydrogens is 294 g/mol. The summed E-state index contributed by atoms with van der Waals surface area (Å²) in [5.41, 5.74) is 0.987. The third-order valence-corrected chi connectivity index (χ3v) is 7.64. The van der Waals surface area contributed by atoms with Crippen molar-refractivity contribution >= 4 is 21.4 Å². The zero-order chi connectivity index (χ0) is 15.0. The minimum atomic E-state index is -3.42. The number of nitrogens with zero attached hydrogens (tertiary/aromatic N) is 1. The Hall–Kier alpha value is -0.430. The van der Waals surface area contributed by atoms with Gasteiger partial charge in [-0.05, 0) is 48.1 Å². The Morgan fingerprint density at radius 1 is 1.40 bits per heavy atom. The Bertz CT molecular complexity index is 553. The maximum absolute atomic E-state index is 12.6. The summed E-state index contributed by atoms with van der Waals surface area (Å²) >= 11 is 1.18. The van der Waals surface area contributed by atoms with Crippen molar-refractivity contribution in [2.75, 3.05) is 7.05 Å². The van der Waals surface area contributed by atoms with E-state index in [2.05, 4.69) is 13.8 Å². The number of aliphatic hydroxyl groups excluding tert-OH is 1. The van der Waals surface area contributed by atoms with Crippen LogP contribution in [0.5, 0.6) is 0 Å². The largest absolute Gasteiger partial charge is 0.392 e. The summed E-state index contributed by atoms with van der Waals surface area (Å²) in [7, 11) is -1.75. The standard InChI is InChI=1S/C14H23NO3S2/c1-14(2)6-4-12(5-7-14)15(3)20(17,18)13-8-11(9-16)10-19-13/h8,10,12,16H,4-7,9H2,1-3H3. The molecule has 0 aromatic carbocycles. The molecule has 1 aliphatic carbocycles. The van der Waals surface area contributed by atoms with Crippen LogP contribution < -0.4 is 0 Å². The van der Waals surface area contributed by atoms with Gasteiger partial charge in [0.1, 0.15) is 4.21 Å². The zero-order valence-electron chi connectivity index (χ0n) is 12.3. The fraction of sp³-hybridized carbons (Fsp3) is 0.714. The molecule has 0 amide bonds. The molecular formula is C14H23NO3S2. The number of thiophene rings is 1. The van der Waals surface area contributed by atoms with Crippen LogP contribution in [0.4, 0.5) is 0 Å². The molecule has 1 saturated carbocycles. The third kappa shape index (κ3) is 3.24. The highest BCUT2D eigenvalue weighted by Crippen LogP contribution is 2.38. The molecule has 0 atom stereocenters. The Morgan fingerprint density at radius 2 is 2.00 bits per heavy atom. The molecule has 0 spiro atoms. The highest BCUT2D eigenvalue weighted by atomic mass is 32.2. The van der Waals surface area contributed by atoms with Crippen molar-refractivity contribution in [1.29, 1.82) is 0 Å². The highest BCUT2D eigenvalue weighted by molar-refractivity contribution is 7.91. The van der Waals surface area contributed by atoms with Crippen LogP contribution >= 0.6 is 11.3 Å². The van der Waals surface area contributed by atoms with Crippen molar-refractivity contribution in [3.63, 3.8) is 0 Å². The SMILES string of the molecule is CN(C1CCC(C)(C)CC1)S(=O)(=O)c1cc(CO)cs1. The molecule has 0 unspecified atom stereocenters. The van der Waals surface area contributed by atoms with Gasteiger partial charge in [0.05, 0.1) is 6.61 Å². The first kappa shape index (κ1) is 15.9. The lowest BCUT2D eigenvalue weighted by Gasteiger charge is -2.37. The maximum Gasteiger partial charge on any atom is 0.252 e. The minimum Gasteiger partial charge on any atom is -0.392 e. The molecule has 0 aliphatic heterocycles. The first-order valence-electron chi connectivity index (χ1n) is 6.92. The Morgan fingerprint density at radius 3 is 2.50 bits per heavy atom. The summed E-state index contributed by atoms with van der Waals surface area (Å²) < 4.78 is 27.0. The smallest absolute Gasteiger partial charge is 0.252 e. The van der Waals surface area contributed by atoms with Crippen LogP contribution in [-0.4, -0.2) is 30.9 Å². The molecule has 2 rings (SSSR count). The number of rotatable bonds is 4. The maximum atomic E-state index is 12.6. The number of hydrogen-bond donors (Lipinski definition) is 1. The van der Waals surface area contributed by atoms with E-state index in [1.54, 1.807) is 18.5 Å². The van der Waals surface area contributed by atoms with Gasteiger partial charge in [0.25, 0.3) is 10.0 Å². The van der Waals surface area contributed by atoms with Crippen LogP contribution in [0.1, 0.15) is 45.1 Å². The van der Waals surface area contributed by atoms with Crippen molar-refractivity contribution in [2.45, 2.75) is 56.4 Å². The van der Waals surface area contributed by atoms with Crippen molar-refractivity contribution < 1.29 is 13.5 Å². The molecule has 1 heterocycles. The second-order valence-electron chi connectivity index (χ2n) is 6.35. The topological polar surface area (TPSA) is 57.6 Å². The molecule has 114 valence electrons. The molecule has 1 aromatic rings. The number of hydrogen-bond acceptors (Lipinski definition) is 4. The van der Waals surface area contributed by atoms with Crippen LogP contribution in [0.15, 0.2) is 15.7 Å². The van der Waals surface area contributed by atoms with Gasteiger partial charge in [0.15, 0.2) is 0 Å². The third-order valence-electron chi connectivity index (χ3n) is 4.27. The van der Waals surface area contributed by atoms with Gasteiger partial charge in [-0.3, -0.25) is 0 Å². The van der Waals surface area contributed by atoms with Crippen LogP contribution in [0.25, 0.3) is 0 Å². The van der Waals surface area contributed by atoms with Crippen molar-refractivity contribution in [1.82, 2.24) is 4.31 Å². The first-order valence-corrected chi connectivity index (χ1v) is 9.24. The summed E-state index contributed by atoms with van der Waals surface area (Å²) in [6.07, 6.45) is 3.95. The monoisotopic (exact) mass is 317 g/mol. The van der Waals surface area contributed by atoms with E-state index in [1.807, 2.05) is 0 Å². The lowest BCUT2D eigenvalue weighted by Crippen LogP contribution is -2.40. The summed E-state index contributed by atoms with van der Waals surface area (Å²) in [5.74, 6) is 0. The molecule has 0 bridgehead atoms. The van der Waals surface area contributed by atoms with Gasteiger partial charge in [0, 0.05) is 13.1 Å². The molecule has 4 nitrogen and oxygen atoms in total. The highest BCUT2D eigenvalue weighted by Gasteiger charge is 2.34. The summed E-state index contributed by atoms with van der Waals surface area (Å²) in [6, 6.07) is 1.66. The fourth-order valence-corrected chi connectivity index (χ4v) is 5.46. The molecule has 1 aromatic heterocycles. The molecule has 0 radical (unpaired) electrons. The summed E-state index contributed by atoms with van der Waals surface area (Å²) in [4.78, 5) is 0. The molecule has 1 aliphatic rings. The summed E-state index contributed by atoms with van der Waals surface area (Å²) in [6.45, 7) is 4.36. The van der Waals surface area contributed by atoms with Crippen LogP contribution in [0, 0.1) is 5.41 Å². The summed E-state index contributed by atoms with van der Waals surface area (Å²) in [5, 5.41) is 10.8. The zero-order valence-corrected chi connectivity index (χ0v) is 13.9. The lowest BCUT2D eigenvalue weighted by molar-refractivity contribution is 0.174. The second-order valence-corrected chi connectivity index (χ2v) is 9.48. The molecule has 20 heavy (non-hydrogen) atoms. The van der Waals surface area contributed by atoms with E-state index in [9.17, 15) is 8.42 Å². The van der Waals surface area contributed by atoms with E-state index >= 15 is 0 Å². The van der Waals surface area contributed by atoms with E-state index in [0.717, 1.165) is 25.7 Å². The first-order chi connectivity index (χ1) is 9.26. The predicted molar refractivity (Wildman–Crippen MR) is 81.2 cm³/mol. The van der Waals surface area contributed by atoms with E-state index in [-0.39, 0.29) is 12.6 Å². The quantitative estimate of drug-likeness (QED) is 0.929. The van der Waals surface area contributed by atoms with Crippen molar-refractivity contribution in [3.05, 3.63) is 17.0 Å². The molecule has 1 fully saturated rings. The van der Waals surface area contributed by atoms with Gasteiger partial charge in [0.2, 0.25) is 0 Å². The number of aliphatic hydroxyl groups is 1. The van der Waals surface area contributed by atoms with Gasteiger partial charge in [-0.25, -0.2) is 8.42 Å². The average Bonchev–Trinajstić information content (AvgIpc) is 2.87. The van der Waals surface area contributed by atoms with E-state index in [1.165, 1.54) is 15.6 Å². The second kappa shape index (κ2) is 5.75. The Labute approximate surface area is 125 Å². The van der Waals surface area contributed by atoms with Crippen molar-refractivity contribution in [2.24, 2.45) is 5.41 Å². The van der Waals surface area contributed by atoms with Crippen LogP contribution in [-0.2, 0) is 16.6 Å². The van der Waals surface area contributed by atoms with Crippen LogP contribution in [0.3, 0.4) is 0 Å². The van der Waals surface area contributed by atoms with Gasteiger partial charge < -0.3 is 5.11 Å². The van der Waals surface area contributed by atoms with Gasteiger partial charge in [-0.15, -0.1) is 11.3 Å². The van der Waals surface area contributed by atoms with Gasteiger partial charge in [-0.2, -0.15) is 4.31 Å².